The van der Waals surface area contributed by atoms with Crippen LogP contribution in [0.2, 0.25) is 0 Å². The molecule has 2 heterocycles. The first-order valence-electron chi connectivity index (χ1n) is 8.25. The molecule has 0 saturated carbocycles. The summed E-state index contributed by atoms with van der Waals surface area (Å²) in [5.74, 6) is 1.38. The van der Waals surface area contributed by atoms with Gasteiger partial charge in [-0.2, -0.15) is 0 Å². The van der Waals surface area contributed by atoms with E-state index in [4.69, 9.17) is 9.47 Å². The molecular formula is C19H21NO4S. The number of fused-ring (bicyclic) bond motifs is 1. The number of likely N-dealkylation sites (N-methyl/N-ethyl adjacent to an activating group) is 1. The highest BCUT2D eigenvalue weighted by Gasteiger charge is 2.24. The third-order valence-corrected chi connectivity index (χ3v) is 5.09. The van der Waals surface area contributed by atoms with Crippen LogP contribution in [-0.4, -0.2) is 42.9 Å². The Morgan fingerprint density at radius 2 is 1.92 bits per heavy atom. The van der Waals surface area contributed by atoms with Gasteiger partial charge in [-0.05, 0) is 31.2 Å². The summed E-state index contributed by atoms with van der Waals surface area (Å²) in [6.45, 7) is 2.80. The fourth-order valence-corrected chi connectivity index (χ4v) is 3.51. The van der Waals surface area contributed by atoms with Crippen LogP contribution in [0.5, 0.6) is 11.5 Å². The van der Waals surface area contributed by atoms with Crippen molar-refractivity contribution in [2.45, 2.75) is 25.9 Å². The number of aryl methyl sites for hydroxylation is 1. The molecule has 1 amide bonds. The van der Waals surface area contributed by atoms with Gasteiger partial charge in [0.15, 0.2) is 23.4 Å². The van der Waals surface area contributed by atoms with Crippen molar-refractivity contribution >= 4 is 23.0 Å². The Labute approximate surface area is 151 Å². The third-order valence-electron chi connectivity index (χ3n) is 4.05. The van der Waals surface area contributed by atoms with E-state index in [-0.39, 0.29) is 30.6 Å². The highest BCUT2D eigenvalue weighted by molar-refractivity contribution is 7.14. The minimum absolute atomic E-state index is 0.0195. The van der Waals surface area contributed by atoms with Gasteiger partial charge < -0.3 is 14.4 Å². The Kier molecular flexibility index (Phi) is 5.38. The summed E-state index contributed by atoms with van der Waals surface area (Å²) in [5, 5.41) is 0. The smallest absolute Gasteiger partial charge is 0.222 e. The van der Waals surface area contributed by atoms with Crippen LogP contribution < -0.4 is 9.47 Å². The first kappa shape index (κ1) is 17.5. The fourth-order valence-electron chi connectivity index (χ4n) is 2.68. The average Bonchev–Trinajstić information content (AvgIpc) is 3.05. The van der Waals surface area contributed by atoms with Gasteiger partial charge >= 0.3 is 0 Å². The van der Waals surface area contributed by atoms with Crippen molar-refractivity contribution in [1.29, 1.82) is 0 Å². The topological polar surface area (TPSA) is 55.8 Å². The molecule has 1 unspecified atom stereocenters. The quantitative estimate of drug-likeness (QED) is 0.743. The number of carbonyl (C=O) groups is 2. The number of benzene rings is 1. The van der Waals surface area contributed by atoms with Crippen LogP contribution in [0.1, 0.15) is 27.4 Å². The van der Waals surface area contributed by atoms with Gasteiger partial charge in [-0.25, -0.2) is 0 Å². The predicted octanol–water partition coefficient (Wildman–Crippen LogP) is 3.32. The second kappa shape index (κ2) is 7.70. The lowest BCUT2D eigenvalue weighted by atomic mass is 10.1. The summed E-state index contributed by atoms with van der Waals surface area (Å²) < 4.78 is 11.5. The summed E-state index contributed by atoms with van der Waals surface area (Å²) in [5.41, 5.74) is 0. The van der Waals surface area contributed by atoms with Gasteiger partial charge in [0.1, 0.15) is 6.61 Å². The standard InChI is InChI=1S/C19H21NO4S/c1-13-7-9-18(25-13)15(21)8-10-19(22)20(2)11-14-12-23-16-5-3-4-6-17(16)24-14/h3-7,9,14H,8,10-12H2,1-2H3. The molecule has 1 atom stereocenters. The highest BCUT2D eigenvalue weighted by Crippen LogP contribution is 2.31. The Hall–Kier alpha value is -2.34. The Bertz CT molecular complexity index is 770. The van der Waals surface area contributed by atoms with Crippen LogP contribution >= 0.6 is 11.3 Å². The Morgan fingerprint density at radius 3 is 2.64 bits per heavy atom. The zero-order valence-corrected chi connectivity index (χ0v) is 15.2. The van der Waals surface area contributed by atoms with Crippen LogP contribution in [0.3, 0.4) is 0 Å². The summed E-state index contributed by atoms with van der Waals surface area (Å²) in [6, 6.07) is 11.2. The van der Waals surface area contributed by atoms with E-state index in [0.717, 1.165) is 10.6 Å². The molecule has 1 aromatic heterocycles. The summed E-state index contributed by atoms with van der Waals surface area (Å²) in [7, 11) is 1.73. The summed E-state index contributed by atoms with van der Waals surface area (Å²) in [4.78, 5) is 27.8. The third kappa shape index (κ3) is 4.39. The summed E-state index contributed by atoms with van der Waals surface area (Å²) >= 11 is 1.47. The number of rotatable bonds is 6. The van der Waals surface area contributed by atoms with Gasteiger partial charge in [0.05, 0.1) is 11.4 Å². The van der Waals surface area contributed by atoms with Crippen LogP contribution in [0.4, 0.5) is 0 Å². The lowest BCUT2D eigenvalue weighted by molar-refractivity contribution is -0.131. The largest absolute Gasteiger partial charge is 0.486 e. The van der Waals surface area contributed by atoms with Crippen LogP contribution in [0.25, 0.3) is 0 Å². The van der Waals surface area contributed by atoms with Gasteiger partial charge in [0.2, 0.25) is 5.91 Å². The molecule has 5 nitrogen and oxygen atoms in total. The zero-order chi connectivity index (χ0) is 17.8. The maximum atomic E-state index is 12.3. The number of Topliss-reactive ketones (excluding diaryl/α,β-unsaturated/α-hetero) is 1. The van der Waals surface area contributed by atoms with Gasteiger partial charge in [-0.15, -0.1) is 11.3 Å². The summed E-state index contributed by atoms with van der Waals surface area (Å²) in [6.07, 6.45) is 0.226. The molecule has 0 saturated heterocycles. The molecule has 0 aliphatic carbocycles. The van der Waals surface area contributed by atoms with E-state index in [1.54, 1.807) is 11.9 Å². The maximum Gasteiger partial charge on any atom is 0.222 e. The molecule has 0 bridgehead atoms. The van der Waals surface area contributed by atoms with E-state index in [1.165, 1.54) is 11.3 Å². The number of hydrogen-bond donors (Lipinski definition) is 0. The van der Waals surface area contributed by atoms with Gasteiger partial charge in [0.25, 0.3) is 0 Å². The molecule has 132 valence electrons. The lowest BCUT2D eigenvalue weighted by Crippen LogP contribution is -2.41. The van der Waals surface area contributed by atoms with E-state index < -0.39 is 0 Å². The van der Waals surface area contributed by atoms with Gasteiger partial charge in [0, 0.05) is 24.8 Å². The zero-order valence-electron chi connectivity index (χ0n) is 14.4. The van der Waals surface area contributed by atoms with Crippen LogP contribution in [-0.2, 0) is 4.79 Å². The SMILES string of the molecule is Cc1ccc(C(=O)CCC(=O)N(C)CC2COc3ccccc3O2)s1. The number of carbonyl (C=O) groups excluding carboxylic acids is 2. The molecule has 3 rings (SSSR count). The van der Waals surface area contributed by atoms with Crippen LogP contribution in [0, 0.1) is 6.92 Å². The second-order valence-electron chi connectivity index (χ2n) is 6.11. The van der Waals surface area contributed by atoms with Crippen LogP contribution in [0.15, 0.2) is 36.4 Å². The highest BCUT2D eigenvalue weighted by atomic mass is 32.1. The van der Waals surface area contributed by atoms with Crippen molar-refractivity contribution in [2.24, 2.45) is 0 Å². The van der Waals surface area contributed by atoms with E-state index in [2.05, 4.69) is 0 Å². The van der Waals surface area contributed by atoms with E-state index in [0.29, 0.717) is 23.8 Å². The van der Waals surface area contributed by atoms with Crippen molar-refractivity contribution in [3.8, 4) is 11.5 Å². The molecule has 6 heteroatoms. The first-order valence-corrected chi connectivity index (χ1v) is 9.06. The second-order valence-corrected chi connectivity index (χ2v) is 7.39. The fraction of sp³-hybridized carbons (Fsp3) is 0.368. The molecule has 0 spiro atoms. The lowest BCUT2D eigenvalue weighted by Gasteiger charge is -2.29. The minimum atomic E-state index is -0.209. The molecule has 1 aliphatic heterocycles. The van der Waals surface area contributed by atoms with E-state index in [1.807, 2.05) is 43.3 Å². The number of para-hydroxylation sites is 2. The normalized spacial score (nSPS) is 15.7. The van der Waals surface area contributed by atoms with E-state index in [9.17, 15) is 9.59 Å². The number of nitrogens with zero attached hydrogens (tertiary/aromatic N) is 1. The number of ether oxygens (including phenoxy) is 2. The molecule has 0 N–H and O–H groups in total. The molecule has 0 radical (unpaired) electrons. The van der Waals surface area contributed by atoms with Crippen molar-refractivity contribution in [3.05, 3.63) is 46.2 Å². The number of amides is 1. The molecule has 2 aromatic rings. The van der Waals surface area contributed by atoms with Crippen molar-refractivity contribution < 1.29 is 19.1 Å². The Balaban J connectivity index is 1.47. The Morgan fingerprint density at radius 1 is 1.16 bits per heavy atom. The van der Waals surface area contributed by atoms with E-state index >= 15 is 0 Å². The molecule has 1 aliphatic rings. The average molecular weight is 359 g/mol. The minimum Gasteiger partial charge on any atom is -0.486 e. The maximum absolute atomic E-state index is 12.3. The van der Waals surface area contributed by atoms with Gasteiger partial charge in [-0.1, -0.05) is 12.1 Å². The number of ketones is 1. The monoisotopic (exact) mass is 359 g/mol. The molecule has 25 heavy (non-hydrogen) atoms. The molecule has 1 aromatic carbocycles. The predicted molar refractivity (Wildman–Crippen MR) is 96.6 cm³/mol. The van der Waals surface area contributed by atoms with Crippen molar-refractivity contribution in [1.82, 2.24) is 4.90 Å². The number of thiophene rings is 1. The van der Waals surface area contributed by atoms with Crippen molar-refractivity contribution in [2.75, 3.05) is 20.2 Å². The number of hydrogen-bond acceptors (Lipinski definition) is 5. The molecule has 0 fully saturated rings. The van der Waals surface area contributed by atoms with Gasteiger partial charge in [-0.3, -0.25) is 9.59 Å². The van der Waals surface area contributed by atoms with Crippen molar-refractivity contribution in [3.63, 3.8) is 0 Å². The molecular weight excluding hydrogens is 338 g/mol. The first-order chi connectivity index (χ1) is 12.0.